The second kappa shape index (κ2) is 6.24. The first-order valence-electron chi connectivity index (χ1n) is 6.84. The van der Waals surface area contributed by atoms with Crippen LogP contribution in [-0.2, 0) is 11.4 Å². The van der Waals surface area contributed by atoms with Crippen LogP contribution >= 0.6 is 11.8 Å². The van der Waals surface area contributed by atoms with Crippen molar-refractivity contribution < 1.29 is 8.78 Å². The molecule has 0 N–H and O–H groups in total. The van der Waals surface area contributed by atoms with Gasteiger partial charge in [-0.15, -0.1) is 0 Å². The standard InChI is InChI=1S/C17H15F2S2/c1-11-3-5-12(6-4-11)13-9-14(18)16(15(19)10-13)17-20-7-2-8-21-17/h3-6,9-10H,2,7-8H2,1H3/q+1. The average Bonchev–Trinajstić information content (AvgIpc) is 2.48. The lowest BCUT2D eigenvalue weighted by Crippen LogP contribution is -2.11. The molecule has 108 valence electrons. The van der Waals surface area contributed by atoms with Gasteiger partial charge in [-0.25, -0.2) is 8.78 Å². The maximum Gasteiger partial charge on any atom is 0.270 e. The highest BCUT2D eigenvalue weighted by molar-refractivity contribution is 8.23. The van der Waals surface area contributed by atoms with Gasteiger partial charge in [-0.2, -0.15) is 0 Å². The Bertz CT molecular complexity index is 667. The third kappa shape index (κ3) is 3.16. The predicted octanol–water partition coefficient (Wildman–Crippen LogP) is 4.64. The Kier molecular flexibility index (Phi) is 4.36. The Morgan fingerprint density at radius 3 is 2.24 bits per heavy atom. The van der Waals surface area contributed by atoms with Crippen molar-refractivity contribution in [2.75, 3.05) is 11.5 Å². The fourth-order valence-electron chi connectivity index (χ4n) is 2.26. The van der Waals surface area contributed by atoms with Crippen molar-refractivity contribution in [2.45, 2.75) is 13.3 Å². The third-order valence-corrected chi connectivity index (χ3v) is 6.01. The Balaban J connectivity index is 2.03. The van der Waals surface area contributed by atoms with Crippen molar-refractivity contribution in [3.8, 4) is 11.1 Å². The fourth-order valence-corrected chi connectivity index (χ4v) is 4.90. The van der Waals surface area contributed by atoms with E-state index in [4.69, 9.17) is 0 Å². The van der Waals surface area contributed by atoms with Gasteiger partial charge in [0, 0.05) is 12.2 Å². The van der Waals surface area contributed by atoms with E-state index in [0.29, 0.717) is 5.56 Å². The first kappa shape index (κ1) is 14.7. The van der Waals surface area contributed by atoms with Crippen molar-refractivity contribution in [1.29, 1.82) is 0 Å². The minimum absolute atomic E-state index is 0.139. The maximum atomic E-state index is 14.4. The van der Waals surface area contributed by atoms with E-state index in [0.717, 1.165) is 33.3 Å². The van der Waals surface area contributed by atoms with E-state index in [-0.39, 0.29) is 5.56 Å². The summed E-state index contributed by atoms with van der Waals surface area (Å²) in [7, 11) is 0. The van der Waals surface area contributed by atoms with Crippen molar-refractivity contribution in [1.82, 2.24) is 0 Å². The molecular weight excluding hydrogens is 306 g/mol. The van der Waals surface area contributed by atoms with Gasteiger partial charge in [-0.05, 0) is 30.2 Å². The molecule has 4 heteroatoms. The maximum absolute atomic E-state index is 14.4. The van der Waals surface area contributed by atoms with Gasteiger partial charge < -0.3 is 0 Å². The van der Waals surface area contributed by atoms with E-state index in [9.17, 15) is 8.78 Å². The second-order valence-corrected chi connectivity index (χ2v) is 7.49. The lowest BCUT2D eigenvalue weighted by molar-refractivity contribution is 0.581. The molecule has 21 heavy (non-hydrogen) atoms. The number of halogens is 2. The van der Waals surface area contributed by atoms with E-state index < -0.39 is 11.6 Å². The average molecular weight is 321 g/mol. The van der Waals surface area contributed by atoms with Gasteiger partial charge in [-0.3, -0.25) is 0 Å². The molecule has 0 aliphatic carbocycles. The Labute approximate surface area is 131 Å². The van der Waals surface area contributed by atoms with Crippen molar-refractivity contribution >= 4 is 27.3 Å². The Hall–Kier alpha value is -1.26. The van der Waals surface area contributed by atoms with Crippen LogP contribution in [0.3, 0.4) is 0 Å². The molecule has 3 rings (SSSR count). The summed E-state index contributed by atoms with van der Waals surface area (Å²) in [6.07, 6.45) is 1.09. The zero-order valence-corrected chi connectivity index (χ0v) is 13.3. The summed E-state index contributed by atoms with van der Waals surface area (Å²) in [6.45, 7) is 1.99. The Morgan fingerprint density at radius 1 is 1.00 bits per heavy atom. The second-order valence-electron chi connectivity index (χ2n) is 5.02. The summed E-state index contributed by atoms with van der Waals surface area (Å²) >= 11 is 3.10. The van der Waals surface area contributed by atoms with Crippen LogP contribution in [0.15, 0.2) is 36.4 Å². The van der Waals surface area contributed by atoms with Crippen LogP contribution in [-0.4, -0.2) is 15.7 Å². The fraction of sp³-hybridized carbons (Fsp3) is 0.235. The van der Waals surface area contributed by atoms with Gasteiger partial charge in [0.15, 0.2) is 17.1 Å². The molecule has 0 atom stereocenters. The zero-order chi connectivity index (χ0) is 14.8. The molecule has 0 amide bonds. The van der Waals surface area contributed by atoms with E-state index >= 15 is 0 Å². The van der Waals surface area contributed by atoms with E-state index in [1.54, 1.807) is 23.1 Å². The van der Waals surface area contributed by atoms with Crippen LogP contribution in [0.4, 0.5) is 8.78 Å². The predicted molar refractivity (Wildman–Crippen MR) is 89.9 cm³/mol. The number of aryl methyl sites for hydroxylation is 1. The minimum Gasteiger partial charge on any atom is -0.206 e. The summed E-state index contributed by atoms with van der Waals surface area (Å²) in [5.41, 5.74) is 2.68. The molecule has 0 spiro atoms. The van der Waals surface area contributed by atoms with Crippen molar-refractivity contribution in [3.05, 3.63) is 59.2 Å². The molecule has 0 fully saturated rings. The topological polar surface area (TPSA) is 0 Å². The van der Waals surface area contributed by atoms with E-state index in [2.05, 4.69) is 0 Å². The number of rotatable bonds is 2. The quantitative estimate of drug-likeness (QED) is 0.574. The van der Waals surface area contributed by atoms with E-state index in [1.165, 1.54) is 12.1 Å². The smallest absolute Gasteiger partial charge is 0.206 e. The molecule has 0 aromatic heterocycles. The van der Waals surface area contributed by atoms with Crippen molar-refractivity contribution in [2.24, 2.45) is 0 Å². The summed E-state index contributed by atoms with van der Waals surface area (Å²) < 4.78 is 29.5. The summed E-state index contributed by atoms with van der Waals surface area (Å²) in [5.74, 6) is 0.923. The first-order chi connectivity index (χ1) is 10.1. The Morgan fingerprint density at radius 2 is 1.67 bits per heavy atom. The largest absolute Gasteiger partial charge is 0.270 e. The molecule has 2 aromatic rings. The van der Waals surface area contributed by atoms with Crippen LogP contribution in [0.5, 0.6) is 0 Å². The van der Waals surface area contributed by atoms with Crippen LogP contribution in [0.2, 0.25) is 0 Å². The van der Waals surface area contributed by atoms with Gasteiger partial charge in [0.05, 0.1) is 0 Å². The van der Waals surface area contributed by atoms with Crippen LogP contribution in [0, 0.1) is 18.6 Å². The van der Waals surface area contributed by atoms with Crippen LogP contribution < -0.4 is 0 Å². The number of benzene rings is 2. The molecule has 1 heterocycles. The molecular formula is C17H15F2S2+. The van der Waals surface area contributed by atoms with Crippen molar-refractivity contribution in [3.63, 3.8) is 0 Å². The third-order valence-electron chi connectivity index (χ3n) is 3.39. The van der Waals surface area contributed by atoms with Crippen LogP contribution in [0.1, 0.15) is 17.5 Å². The van der Waals surface area contributed by atoms with Gasteiger partial charge in [0.2, 0.25) is 0 Å². The molecule has 0 nitrogen and oxygen atoms in total. The highest BCUT2D eigenvalue weighted by Gasteiger charge is 2.26. The zero-order valence-electron chi connectivity index (χ0n) is 11.7. The number of hydrogen-bond donors (Lipinski definition) is 0. The van der Waals surface area contributed by atoms with Gasteiger partial charge >= 0.3 is 0 Å². The highest BCUT2D eigenvalue weighted by atomic mass is 32.2. The number of thioether (sulfide) groups is 1. The summed E-state index contributed by atoms with van der Waals surface area (Å²) in [4.78, 5) is 0. The molecule has 1 aliphatic rings. The molecule has 0 bridgehead atoms. The highest BCUT2D eigenvalue weighted by Crippen LogP contribution is 2.28. The van der Waals surface area contributed by atoms with Gasteiger partial charge in [-0.1, -0.05) is 41.6 Å². The lowest BCUT2D eigenvalue weighted by Gasteiger charge is -2.08. The normalized spacial score (nSPS) is 14.9. The first-order valence-corrected chi connectivity index (χ1v) is 8.81. The monoisotopic (exact) mass is 321 g/mol. The lowest BCUT2D eigenvalue weighted by atomic mass is 10.0. The molecule has 0 radical (unpaired) electrons. The minimum atomic E-state index is -0.470. The molecule has 0 unspecified atom stereocenters. The number of hydrogen-bond acceptors (Lipinski definition) is 1. The van der Waals surface area contributed by atoms with Gasteiger partial charge in [0.1, 0.15) is 17.2 Å². The van der Waals surface area contributed by atoms with E-state index in [1.807, 2.05) is 31.2 Å². The summed E-state index contributed by atoms with van der Waals surface area (Å²) in [6, 6.07) is 10.5. The SMILES string of the molecule is Cc1ccc(-c2cc(F)c(C3=[S+]CCCS3)c(F)c2)cc1. The molecule has 2 aromatic carbocycles. The molecule has 1 aliphatic heterocycles. The molecule has 0 saturated heterocycles. The van der Waals surface area contributed by atoms with Gasteiger partial charge in [0.25, 0.3) is 4.20 Å². The van der Waals surface area contributed by atoms with Crippen LogP contribution in [0.25, 0.3) is 11.1 Å². The summed E-state index contributed by atoms with van der Waals surface area (Å²) in [5, 5.41) is 0. The molecule has 0 saturated carbocycles.